The van der Waals surface area contributed by atoms with E-state index in [0.717, 1.165) is 11.4 Å². The molecule has 1 atom stereocenters. The summed E-state index contributed by atoms with van der Waals surface area (Å²) in [5, 5.41) is 5.86. The Morgan fingerprint density at radius 3 is 2.67 bits per heavy atom. The Hall–Kier alpha value is -1.30. The van der Waals surface area contributed by atoms with Crippen LogP contribution in [-0.2, 0) is 0 Å². The van der Waals surface area contributed by atoms with E-state index < -0.39 is 18.6 Å². The lowest BCUT2D eigenvalue weighted by Crippen LogP contribution is -2.34. The number of aryl methyl sites for hydroxylation is 1. The molecule has 0 spiro atoms. The fourth-order valence-electron chi connectivity index (χ4n) is 1.56. The summed E-state index contributed by atoms with van der Waals surface area (Å²) in [7, 11) is 0. The summed E-state index contributed by atoms with van der Waals surface area (Å²) in [5.41, 5.74) is 1.09. The maximum atomic E-state index is 12.1. The monoisotopic (exact) mass is 261 g/mol. The summed E-state index contributed by atoms with van der Waals surface area (Å²) < 4.78 is 36.2. The number of nitrogens with zero attached hydrogens (tertiary/aromatic N) is 1. The van der Waals surface area contributed by atoms with Gasteiger partial charge in [0.05, 0.1) is 6.42 Å². The first-order valence-electron chi connectivity index (χ1n) is 5.83. The van der Waals surface area contributed by atoms with Crippen LogP contribution in [0.1, 0.15) is 18.9 Å². The summed E-state index contributed by atoms with van der Waals surface area (Å²) in [6.07, 6.45) is -3.23. The molecular formula is C12H18F3N3. The van der Waals surface area contributed by atoms with Crippen LogP contribution in [0.5, 0.6) is 0 Å². The summed E-state index contributed by atoms with van der Waals surface area (Å²) in [5.74, 6) is 0.736. The highest BCUT2D eigenvalue weighted by Crippen LogP contribution is 2.21. The highest BCUT2D eigenvalue weighted by Gasteiger charge is 2.29. The van der Waals surface area contributed by atoms with Crippen molar-refractivity contribution in [1.82, 2.24) is 10.3 Å². The fraction of sp³-hybridized carbons (Fsp3) is 0.583. The van der Waals surface area contributed by atoms with Crippen LogP contribution in [0.3, 0.4) is 0 Å². The number of aromatic nitrogens is 1. The van der Waals surface area contributed by atoms with Crippen LogP contribution in [0.25, 0.3) is 0 Å². The molecule has 3 nitrogen and oxygen atoms in total. The highest BCUT2D eigenvalue weighted by atomic mass is 19.4. The molecule has 2 N–H and O–H groups in total. The van der Waals surface area contributed by atoms with Gasteiger partial charge in [0.2, 0.25) is 0 Å². The van der Waals surface area contributed by atoms with Gasteiger partial charge in [-0.1, -0.05) is 0 Å². The van der Waals surface area contributed by atoms with Gasteiger partial charge in [0.15, 0.2) is 0 Å². The molecule has 0 aliphatic carbocycles. The van der Waals surface area contributed by atoms with Gasteiger partial charge in [-0.25, -0.2) is 4.98 Å². The van der Waals surface area contributed by atoms with Gasteiger partial charge >= 0.3 is 6.18 Å². The maximum Gasteiger partial charge on any atom is 0.390 e. The molecule has 0 aliphatic heterocycles. The lowest BCUT2D eigenvalue weighted by atomic mass is 10.2. The van der Waals surface area contributed by atoms with Gasteiger partial charge in [-0.3, -0.25) is 0 Å². The Morgan fingerprint density at radius 2 is 2.06 bits per heavy atom. The standard InChI is InChI=1S/C12H18F3N3/c1-9-3-4-17-11(7-9)18-6-5-16-10(2)8-12(13,14)15/h3-4,7,10,16H,5-6,8H2,1-2H3,(H,17,18)/t10-/m1/s1. The smallest absolute Gasteiger partial charge is 0.369 e. The molecule has 1 aromatic rings. The third-order valence-corrected chi connectivity index (χ3v) is 2.38. The van der Waals surface area contributed by atoms with Crippen LogP contribution in [0.15, 0.2) is 18.3 Å². The molecule has 0 amide bonds. The van der Waals surface area contributed by atoms with Gasteiger partial charge in [0.25, 0.3) is 0 Å². The summed E-state index contributed by atoms with van der Waals surface area (Å²) in [4.78, 5) is 4.10. The van der Waals surface area contributed by atoms with Crippen molar-refractivity contribution in [3.8, 4) is 0 Å². The zero-order valence-electron chi connectivity index (χ0n) is 10.5. The van der Waals surface area contributed by atoms with Gasteiger partial charge in [-0.05, 0) is 31.5 Å². The Morgan fingerprint density at radius 1 is 1.33 bits per heavy atom. The SMILES string of the molecule is Cc1ccnc(NCCN[C@H](C)CC(F)(F)F)c1. The van der Waals surface area contributed by atoms with Gasteiger partial charge in [0, 0.05) is 25.3 Å². The number of anilines is 1. The third kappa shape index (κ3) is 6.44. The number of nitrogens with one attached hydrogen (secondary N) is 2. The molecule has 0 saturated heterocycles. The summed E-state index contributed by atoms with van der Waals surface area (Å²) >= 11 is 0. The lowest BCUT2D eigenvalue weighted by molar-refractivity contribution is -0.138. The molecule has 6 heteroatoms. The van der Waals surface area contributed by atoms with E-state index in [9.17, 15) is 13.2 Å². The second-order valence-electron chi connectivity index (χ2n) is 4.32. The molecule has 0 bridgehead atoms. The van der Waals surface area contributed by atoms with Crippen molar-refractivity contribution < 1.29 is 13.2 Å². The molecule has 1 heterocycles. The second kappa shape index (κ2) is 6.58. The average Bonchev–Trinajstić information content (AvgIpc) is 2.22. The Kier molecular flexibility index (Phi) is 5.40. The number of hydrogen-bond donors (Lipinski definition) is 2. The maximum absolute atomic E-state index is 12.1. The van der Waals surface area contributed by atoms with Crippen LogP contribution >= 0.6 is 0 Å². The van der Waals surface area contributed by atoms with Crippen LogP contribution in [0, 0.1) is 6.92 Å². The highest BCUT2D eigenvalue weighted by molar-refractivity contribution is 5.36. The van der Waals surface area contributed by atoms with Crippen molar-refractivity contribution in [2.75, 3.05) is 18.4 Å². The molecule has 1 aromatic heterocycles. The minimum absolute atomic E-state index is 0.465. The Balaban J connectivity index is 2.19. The molecule has 1 rings (SSSR count). The van der Waals surface area contributed by atoms with Crippen molar-refractivity contribution >= 4 is 5.82 Å². The summed E-state index contributed by atoms with van der Waals surface area (Å²) in [6.45, 7) is 4.49. The van der Waals surface area contributed by atoms with E-state index in [2.05, 4.69) is 15.6 Å². The normalized spacial score (nSPS) is 13.4. The number of rotatable bonds is 6. The van der Waals surface area contributed by atoms with Gasteiger partial charge in [0.1, 0.15) is 5.82 Å². The van der Waals surface area contributed by atoms with Crippen LogP contribution < -0.4 is 10.6 Å². The summed E-state index contributed by atoms with van der Waals surface area (Å²) in [6, 6.07) is 3.20. The van der Waals surface area contributed by atoms with E-state index in [1.54, 1.807) is 6.20 Å². The first-order valence-corrected chi connectivity index (χ1v) is 5.83. The third-order valence-electron chi connectivity index (χ3n) is 2.38. The van der Waals surface area contributed by atoms with Crippen molar-refractivity contribution in [3.63, 3.8) is 0 Å². The number of alkyl halides is 3. The predicted molar refractivity (Wildman–Crippen MR) is 65.6 cm³/mol. The van der Waals surface area contributed by atoms with E-state index in [1.807, 2.05) is 19.1 Å². The lowest BCUT2D eigenvalue weighted by Gasteiger charge is -2.16. The Bertz CT molecular complexity index is 366. The average molecular weight is 261 g/mol. The molecule has 0 aromatic carbocycles. The minimum atomic E-state index is -4.11. The van der Waals surface area contributed by atoms with Crippen LogP contribution in [0.4, 0.5) is 19.0 Å². The second-order valence-corrected chi connectivity index (χ2v) is 4.32. The molecule has 18 heavy (non-hydrogen) atoms. The van der Waals surface area contributed by atoms with Crippen molar-refractivity contribution in [3.05, 3.63) is 23.9 Å². The molecule has 102 valence electrons. The number of pyridine rings is 1. The topological polar surface area (TPSA) is 37.0 Å². The molecule has 0 aliphatic rings. The van der Waals surface area contributed by atoms with Gasteiger partial charge in [-0.15, -0.1) is 0 Å². The zero-order chi connectivity index (χ0) is 13.6. The fourth-order valence-corrected chi connectivity index (χ4v) is 1.56. The number of halogens is 3. The number of hydrogen-bond acceptors (Lipinski definition) is 3. The molecule has 0 fully saturated rings. The van der Waals surface area contributed by atoms with Crippen LogP contribution in [0.2, 0.25) is 0 Å². The predicted octanol–water partition coefficient (Wildman–Crippen LogP) is 2.73. The van der Waals surface area contributed by atoms with E-state index in [4.69, 9.17) is 0 Å². The molecule has 0 saturated carbocycles. The zero-order valence-corrected chi connectivity index (χ0v) is 10.5. The van der Waals surface area contributed by atoms with Gasteiger partial charge in [-0.2, -0.15) is 13.2 Å². The van der Waals surface area contributed by atoms with Crippen molar-refractivity contribution in [1.29, 1.82) is 0 Å². The van der Waals surface area contributed by atoms with Crippen LogP contribution in [-0.4, -0.2) is 30.3 Å². The molecular weight excluding hydrogens is 243 g/mol. The first kappa shape index (κ1) is 14.8. The quantitative estimate of drug-likeness (QED) is 0.773. The largest absolute Gasteiger partial charge is 0.390 e. The van der Waals surface area contributed by atoms with Gasteiger partial charge < -0.3 is 10.6 Å². The van der Waals surface area contributed by atoms with E-state index in [-0.39, 0.29) is 0 Å². The van der Waals surface area contributed by atoms with E-state index in [0.29, 0.717) is 13.1 Å². The van der Waals surface area contributed by atoms with E-state index >= 15 is 0 Å². The minimum Gasteiger partial charge on any atom is -0.369 e. The van der Waals surface area contributed by atoms with E-state index in [1.165, 1.54) is 6.92 Å². The molecule has 0 radical (unpaired) electrons. The molecule has 0 unspecified atom stereocenters. The first-order chi connectivity index (χ1) is 8.37. The van der Waals surface area contributed by atoms with Crippen molar-refractivity contribution in [2.24, 2.45) is 0 Å². The van der Waals surface area contributed by atoms with Crippen molar-refractivity contribution in [2.45, 2.75) is 32.5 Å². The Labute approximate surface area is 105 Å².